The molecule has 0 bridgehead atoms. The van der Waals surface area contributed by atoms with Crippen molar-refractivity contribution in [1.82, 2.24) is 9.55 Å². The Labute approximate surface area is 181 Å². The van der Waals surface area contributed by atoms with E-state index in [-0.39, 0.29) is 0 Å². The Balaban J connectivity index is 1.84. The molecule has 3 heteroatoms. The summed E-state index contributed by atoms with van der Waals surface area (Å²) in [6, 6.07) is 36.8. The van der Waals surface area contributed by atoms with Gasteiger partial charge in [0, 0.05) is 17.2 Å². The Morgan fingerprint density at radius 1 is 0.806 bits per heavy atom. The fourth-order valence-electron chi connectivity index (χ4n) is 3.85. The quantitative estimate of drug-likeness (QED) is 0.325. The molecule has 0 unspecified atom stereocenters. The van der Waals surface area contributed by atoms with Crippen molar-refractivity contribution in [2.24, 2.45) is 0 Å². The van der Waals surface area contributed by atoms with Gasteiger partial charge in [0.1, 0.15) is 5.82 Å². The van der Waals surface area contributed by atoms with Crippen LogP contribution in [0.2, 0.25) is 0 Å². The average molecular weight is 397 g/mol. The van der Waals surface area contributed by atoms with Crippen LogP contribution in [0.25, 0.3) is 28.4 Å². The standard InChI is InChI=1S/C28H19N3/c29-20-22-14-15-26-24(17-22)19-27(31(26)28-13-7-8-16-30-28)25(23-11-5-2-6-12-23)18-21-9-3-1-4-10-21/h1-19H/b25-18+. The molecule has 0 saturated heterocycles. The normalized spacial score (nSPS) is 11.4. The van der Waals surface area contributed by atoms with Crippen LogP contribution in [0.1, 0.15) is 22.4 Å². The second-order valence-electron chi connectivity index (χ2n) is 7.27. The van der Waals surface area contributed by atoms with E-state index >= 15 is 0 Å². The lowest BCUT2D eigenvalue weighted by Crippen LogP contribution is -2.02. The van der Waals surface area contributed by atoms with Crippen LogP contribution in [0.3, 0.4) is 0 Å². The lowest BCUT2D eigenvalue weighted by molar-refractivity contribution is 1.02. The van der Waals surface area contributed by atoms with E-state index in [0.29, 0.717) is 5.56 Å². The van der Waals surface area contributed by atoms with Gasteiger partial charge in [0.05, 0.1) is 22.8 Å². The van der Waals surface area contributed by atoms with Gasteiger partial charge in [-0.05, 0) is 53.6 Å². The van der Waals surface area contributed by atoms with Gasteiger partial charge in [-0.1, -0.05) is 66.7 Å². The molecule has 5 rings (SSSR count). The van der Waals surface area contributed by atoms with Gasteiger partial charge in [-0.15, -0.1) is 0 Å². The molecule has 2 aromatic heterocycles. The van der Waals surface area contributed by atoms with Crippen LogP contribution in [0.4, 0.5) is 0 Å². The molecule has 0 spiro atoms. The summed E-state index contributed by atoms with van der Waals surface area (Å²) in [5, 5.41) is 10.4. The largest absolute Gasteiger partial charge is 0.294 e. The van der Waals surface area contributed by atoms with Crippen LogP contribution < -0.4 is 0 Å². The summed E-state index contributed by atoms with van der Waals surface area (Å²) >= 11 is 0. The van der Waals surface area contributed by atoms with Crippen molar-refractivity contribution < 1.29 is 0 Å². The molecule has 0 saturated carbocycles. The summed E-state index contributed by atoms with van der Waals surface area (Å²) in [4.78, 5) is 4.63. The second kappa shape index (κ2) is 8.14. The number of fused-ring (bicyclic) bond motifs is 1. The van der Waals surface area contributed by atoms with Crippen LogP contribution in [0.5, 0.6) is 0 Å². The highest BCUT2D eigenvalue weighted by Gasteiger charge is 2.17. The number of rotatable bonds is 4. The Hall–Kier alpha value is -4.42. The lowest BCUT2D eigenvalue weighted by atomic mass is 9.99. The third-order valence-corrected chi connectivity index (χ3v) is 5.28. The minimum absolute atomic E-state index is 0.644. The molecular weight excluding hydrogens is 378 g/mol. The fraction of sp³-hybridized carbons (Fsp3) is 0. The van der Waals surface area contributed by atoms with Crippen LogP contribution in [0.15, 0.2) is 109 Å². The van der Waals surface area contributed by atoms with Crippen LogP contribution in [-0.4, -0.2) is 9.55 Å². The van der Waals surface area contributed by atoms with Gasteiger partial charge in [0.2, 0.25) is 0 Å². The molecule has 2 heterocycles. The van der Waals surface area contributed by atoms with E-state index in [1.54, 1.807) is 6.20 Å². The highest BCUT2D eigenvalue weighted by Crippen LogP contribution is 2.33. The van der Waals surface area contributed by atoms with Crippen molar-refractivity contribution in [1.29, 1.82) is 5.26 Å². The first kappa shape index (κ1) is 18.6. The molecule has 146 valence electrons. The van der Waals surface area contributed by atoms with Crippen molar-refractivity contribution in [3.05, 3.63) is 132 Å². The molecule has 0 N–H and O–H groups in total. The summed E-state index contributed by atoms with van der Waals surface area (Å²) in [5.41, 5.74) is 6.02. The average Bonchev–Trinajstić information content (AvgIpc) is 3.22. The number of aromatic nitrogens is 2. The molecule has 0 atom stereocenters. The maximum atomic E-state index is 9.39. The van der Waals surface area contributed by atoms with Crippen molar-refractivity contribution in [3.8, 4) is 11.9 Å². The molecular formula is C28H19N3. The summed E-state index contributed by atoms with van der Waals surface area (Å²) in [6.45, 7) is 0. The molecule has 3 nitrogen and oxygen atoms in total. The van der Waals surface area contributed by atoms with E-state index in [4.69, 9.17) is 0 Å². The van der Waals surface area contributed by atoms with Crippen LogP contribution in [0, 0.1) is 11.3 Å². The number of nitrogens with zero attached hydrogens (tertiary/aromatic N) is 3. The van der Waals surface area contributed by atoms with E-state index in [0.717, 1.165) is 39.1 Å². The minimum Gasteiger partial charge on any atom is -0.294 e. The van der Waals surface area contributed by atoms with Gasteiger partial charge in [-0.3, -0.25) is 4.57 Å². The third-order valence-electron chi connectivity index (χ3n) is 5.28. The van der Waals surface area contributed by atoms with Crippen molar-refractivity contribution in [3.63, 3.8) is 0 Å². The zero-order chi connectivity index (χ0) is 21.0. The highest BCUT2D eigenvalue weighted by molar-refractivity contribution is 5.96. The summed E-state index contributed by atoms with van der Waals surface area (Å²) in [6.07, 6.45) is 4.01. The summed E-state index contributed by atoms with van der Waals surface area (Å²) in [5.74, 6) is 0.840. The SMILES string of the molecule is N#Cc1ccc2c(c1)cc(/C(=C/c1ccccc1)c1ccccc1)n2-c1ccccn1. The predicted octanol–water partition coefficient (Wildman–Crippen LogP) is 6.49. The van der Waals surface area contributed by atoms with E-state index in [9.17, 15) is 5.26 Å². The van der Waals surface area contributed by atoms with Gasteiger partial charge < -0.3 is 0 Å². The van der Waals surface area contributed by atoms with Gasteiger partial charge >= 0.3 is 0 Å². The van der Waals surface area contributed by atoms with Crippen molar-refractivity contribution in [2.75, 3.05) is 0 Å². The zero-order valence-corrected chi connectivity index (χ0v) is 16.8. The van der Waals surface area contributed by atoms with E-state index in [1.807, 2.05) is 60.7 Å². The zero-order valence-electron chi connectivity index (χ0n) is 16.8. The van der Waals surface area contributed by atoms with Gasteiger partial charge in [0.15, 0.2) is 0 Å². The van der Waals surface area contributed by atoms with Gasteiger partial charge in [0.25, 0.3) is 0 Å². The Morgan fingerprint density at radius 3 is 2.26 bits per heavy atom. The molecule has 0 aliphatic rings. The topological polar surface area (TPSA) is 41.6 Å². The minimum atomic E-state index is 0.644. The summed E-state index contributed by atoms with van der Waals surface area (Å²) < 4.78 is 2.16. The Kier molecular flexibility index (Phi) is 4.88. The number of pyridine rings is 1. The number of nitriles is 1. The van der Waals surface area contributed by atoms with Crippen molar-refractivity contribution in [2.45, 2.75) is 0 Å². The highest BCUT2D eigenvalue weighted by atomic mass is 15.1. The molecule has 0 amide bonds. The maximum Gasteiger partial charge on any atom is 0.137 e. The third kappa shape index (κ3) is 3.63. The first-order valence-electron chi connectivity index (χ1n) is 10.1. The van der Waals surface area contributed by atoms with Gasteiger partial charge in [-0.2, -0.15) is 5.26 Å². The molecule has 0 aliphatic heterocycles. The number of benzene rings is 3. The Morgan fingerprint density at radius 2 is 1.55 bits per heavy atom. The van der Waals surface area contributed by atoms with E-state index in [1.165, 1.54) is 0 Å². The molecule has 0 radical (unpaired) electrons. The van der Waals surface area contributed by atoms with E-state index in [2.05, 4.69) is 64.2 Å². The van der Waals surface area contributed by atoms with Crippen LogP contribution >= 0.6 is 0 Å². The maximum absolute atomic E-state index is 9.39. The number of hydrogen-bond acceptors (Lipinski definition) is 2. The van der Waals surface area contributed by atoms with Crippen LogP contribution in [-0.2, 0) is 0 Å². The van der Waals surface area contributed by atoms with Crippen molar-refractivity contribution >= 4 is 22.6 Å². The molecule has 0 aliphatic carbocycles. The Bertz CT molecular complexity index is 1410. The first-order valence-corrected chi connectivity index (χ1v) is 10.1. The van der Waals surface area contributed by atoms with Gasteiger partial charge in [-0.25, -0.2) is 4.98 Å². The lowest BCUT2D eigenvalue weighted by Gasteiger charge is -2.14. The monoisotopic (exact) mass is 397 g/mol. The summed E-state index contributed by atoms with van der Waals surface area (Å²) in [7, 11) is 0. The number of hydrogen-bond donors (Lipinski definition) is 0. The molecule has 0 fully saturated rings. The van der Waals surface area contributed by atoms with E-state index < -0.39 is 0 Å². The molecule has 3 aromatic carbocycles. The second-order valence-corrected chi connectivity index (χ2v) is 7.27. The predicted molar refractivity (Wildman–Crippen MR) is 126 cm³/mol. The smallest absolute Gasteiger partial charge is 0.137 e. The first-order chi connectivity index (χ1) is 15.3. The molecule has 31 heavy (non-hydrogen) atoms. The molecule has 5 aromatic rings. The fourth-order valence-corrected chi connectivity index (χ4v) is 3.85.